The van der Waals surface area contributed by atoms with Gasteiger partial charge >= 0.3 is 0 Å². The molecule has 1 saturated heterocycles. The number of amides is 2. The van der Waals surface area contributed by atoms with E-state index in [2.05, 4.69) is 15.9 Å². The molecule has 2 aromatic rings. The van der Waals surface area contributed by atoms with Crippen LogP contribution >= 0.6 is 39.3 Å². The van der Waals surface area contributed by atoms with Gasteiger partial charge in [-0.2, -0.15) is 0 Å². The van der Waals surface area contributed by atoms with Crippen molar-refractivity contribution in [1.82, 2.24) is 4.90 Å². The van der Waals surface area contributed by atoms with Crippen molar-refractivity contribution in [3.05, 3.63) is 61.9 Å². The maximum absolute atomic E-state index is 12.1. The Morgan fingerprint density at radius 3 is 2.59 bits per heavy atom. The number of carbonyl (C=O) groups is 2. The second kappa shape index (κ2) is 8.37. The number of hydrogen-bond donors (Lipinski definition) is 0. The van der Waals surface area contributed by atoms with Gasteiger partial charge in [-0.15, -0.1) is 0 Å². The largest absolute Gasteiger partial charge is 0.493 e. The molecule has 3 rings (SSSR count). The molecule has 0 radical (unpaired) electrons. The van der Waals surface area contributed by atoms with Crippen LogP contribution in [0, 0.1) is 0 Å². The number of hydrogen-bond acceptors (Lipinski definition) is 5. The smallest absolute Gasteiger partial charge is 0.293 e. The third kappa shape index (κ3) is 4.31. The number of ether oxygens (including phenoxy) is 2. The lowest BCUT2D eigenvalue weighted by molar-refractivity contribution is -0.121. The van der Waals surface area contributed by atoms with E-state index >= 15 is 0 Å². The third-order valence-corrected chi connectivity index (χ3v) is 5.91. The second-order valence-corrected chi connectivity index (χ2v) is 7.90. The molecule has 0 spiro atoms. The molecular weight excluding hydrogens is 454 g/mol. The summed E-state index contributed by atoms with van der Waals surface area (Å²) in [6, 6.07) is 10.9. The van der Waals surface area contributed by atoms with Crippen LogP contribution in [0.1, 0.15) is 11.1 Å². The molecule has 1 aliphatic heterocycles. The number of carbonyl (C=O) groups excluding carboxylic acids is 2. The Bertz CT molecular complexity index is 947. The molecule has 0 bridgehead atoms. The molecule has 27 heavy (non-hydrogen) atoms. The number of likely N-dealkylation sites (N-methyl/N-ethyl adjacent to an activating group) is 1. The number of methoxy groups -OCH3 is 1. The Hall–Kier alpha value is -1.96. The summed E-state index contributed by atoms with van der Waals surface area (Å²) in [6.07, 6.45) is 1.65. The standard InChI is InChI=1S/C19H15BrClNO4S/c1-22-18(23)17(27-19(22)24)8-12-7-15(25-2)16(9-13(12)20)26-10-11-5-3-4-6-14(11)21/h3-9H,10H2,1-2H3/b17-8-. The van der Waals surface area contributed by atoms with Crippen molar-refractivity contribution in [3.63, 3.8) is 0 Å². The number of imide groups is 1. The Morgan fingerprint density at radius 2 is 1.96 bits per heavy atom. The molecule has 0 aliphatic carbocycles. The van der Waals surface area contributed by atoms with Crippen molar-refractivity contribution in [2.24, 2.45) is 0 Å². The van der Waals surface area contributed by atoms with Crippen molar-refractivity contribution < 1.29 is 19.1 Å². The summed E-state index contributed by atoms with van der Waals surface area (Å²) in [6.45, 7) is 0.288. The van der Waals surface area contributed by atoms with Gasteiger partial charge in [0.15, 0.2) is 11.5 Å². The fourth-order valence-corrected chi connectivity index (χ4v) is 3.84. The first-order valence-electron chi connectivity index (χ1n) is 7.86. The number of nitrogens with zero attached hydrogens (tertiary/aromatic N) is 1. The summed E-state index contributed by atoms with van der Waals surface area (Å²) in [4.78, 5) is 25.2. The van der Waals surface area contributed by atoms with Crippen molar-refractivity contribution in [2.45, 2.75) is 6.61 Å². The predicted molar refractivity (Wildman–Crippen MR) is 110 cm³/mol. The van der Waals surface area contributed by atoms with Gasteiger partial charge in [0, 0.05) is 22.1 Å². The molecule has 0 atom stereocenters. The summed E-state index contributed by atoms with van der Waals surface area (Å²) >= 11 is 10.5. The average Bonchev–Trinajstić information content (AvgIpc) is 2.89. The van der Waals surface area contributed by atoms with Crippen molar-refractivity contribution in [1.29, 1.82) is 0 Å². The average molecular weight is 469 g/mol. The lowest BCUT2D eigenvalue weighted by Gasteiger charge is -2.13. The van der Waals surface area contributed by atoms with Gasteiger partial charge < -0.3 is 9.47 Å². The van der Waals surface area contributed by atoms with Gasteiger partial charge in [-0.3, -0.25) is 14.5 Å². The number of rotatable bonds is 5. The van der Waals surface area contributed by atoms with Crippen LogP contribution in [0.25, 0.3) is 6.08 Å². The lowest BCUT2D eigenvalue weighted by Crippen LogP contribution is -2.22. The molecule has 140 valence electrons. The van der Waals surface area contributed by atoms with Crippen molar-refractivity contribution in [3.8, 4) is 11.5 Å². The van der Waals surface area contributed by atoms with Gasteiger partial charge in [-0.05, 0) is 41.6 Å². The van der Waals surface area contributed by atoms with E-state index in [0.717, 1.165) is 22.2 Å². The summed E-state index contributed by atoms with van der Waals surface area (Å²) in [5, 5.41) is 0.330. The minimum Gasteiger partial charge on any atom is -0.493 e. The minimum absolute atomic E-state index is 0.288. The monoisotopic (exact) mass is 467 g/mol. The molecule has 2 amide bonds. The zero-order valence-corrected chi connectivity index (χ0v) is 17.7. The molecule has 0 N–H and O–H groups in total. The lowest BCUT2D eigenvalue weighted by atomic mass is 10.1. The van der Waals surface area contributed by atoms with Gasteiger partial charge in [0.25, 0.3) is 11.1 Å². The van der Waals surface area contributed by atoms with Gasteiger partial charge in [0.1, 0.15) is 6.61 Å². The van der Waals surface area contributed by atoms with Crippen LogP contribution in [0.4, 0.5) is 4.79 Å². The zero-order chi connectivity index (χ0) is 19.6. The van der Waals surface area contributed by atoms with E-state index < -0.39 is 0 Å². The quantitative estimate of drug-likeness (QED) is 0.553. The van der Waals surface area contributed by atoms with E-state index in [0.29, 0.717) is 31.5 Å². The van der Waals surface area contributed by atoms with Gasteiger partial charge in [0.2, 0.25) is 0 Å². The normalized spacial score (nSPS) is 15.6. The zero-order valence-electron chi connectivity index (χ0n) is 14.5. The number of thioether (sulfide) groups is 1. The van der Waals surface area contributed by atoms with E-state index in [1.165, 1.54) is 14.2 Å². The molecule has 0 unspecified atom stereocenters. The highest BCUT2D eigenvalue weighted by atomic mass is 79.9. The maximum atomic E-state index is 12.1. The highest BCUT2D eigenvalue weighted by Crippen LogP contribution is 2.38. The fraction of sp³-hybridized carbons (Fsp3) is 0.158. The molecule has 0 aromatic heterocycles. The van der Waals surface area contributed by atoms with E-state index in [1.807, 2.05) is 18.2 Å². The second-order valence-electron chi connectivity index (χ2n) is 5.65. The Kier molecular flexibility index (Phi) is 6.14. The summed E-state index contributed by atoms with van der Waals surface area (Å²) < 4.78 is 12.0. The van der Waals surface area contributed by atoms with E-state index in [4.69, 9.17) is 21.1 Å². The fourth-order valence-electron chi connectivity index (χ4n) is 2.39. The van der Waals surface area contributed by atoms with E-state index in [1.54, 1.807) is 24.3 Å². The molecule has 1 heterocycles. The number of halogens is 2. The van der Waals surface area contributed by atoms with Crippen LogP contribution in [-0.4, -0.2) is 30.2 Å². The predicted octanol–water partition coefficient (Wildman–Crippen LogP) is 5.36. The van der Waals surface area contributed by atoms with Crippen LogP contribution in [-0.2, 0) is 11.4 Å². The summed E-state index contributed by atoms with van der Waals surface area (Å²) in [5.41, 5.74) is 1.56. The van der Waals surface area contributed by atoms with E-state index in [9.17, 15) is 9.59 Å². The molecule has 8 heteroatoms. The van der Waals surface area contributed by atoms with Gasteiger partial charge in [-0.25, -0.2) is 0 Å². The first kappa shape index (κ1) is 19.8. The third-order valence-electron chi connectivity index (χ3n) is 3.90. The number of benzene rings is 2. The SMILES string of the molecule is COc1cc(/C=C2\SC(=O)N(C)C2=O)c(Br)cc1OCc1ccccc1Cl. The van der Waals surface area contributed by atoms with Crippen LogP contribution < -0.4 is 9.47 Å². The van der Waals surface area contributed by atoms with Crippen molar-refractivity contribution >= 4 is 56.5 Å². The Balaban J connectivity index is 1.86. The molecule has 2 aromatic carbocycles. The van der Waals surface area contributed by atoms with E-state index in [-0.39, 0.29) is 17.8 Å². The van der Waals surface area contributed by atoms with Crippen LogP contribution in [0.15, 0.2) is 45.8 Å². The topological polar surface area (TPSA) is 55.8 Å². The summed E-state index contributed by atoms with van der Waals surface area (Å²) in [5.74, 6) is 0.715. The maximum Gasteiger partial charge on any atom is 0.293 e. The van der Waals surface area contributed by atoms with Crippen LogP contribution in [0.3, 0.4) is 0 Å². The first-order chi connectivity index (χ1) is 12.9. The Labute approximate surface area is 174 Å². The molecule has 5 nitrogen and oxygen atoms in total. The van der Waals surface area contributed by atoms with Crippen molar-refractivity contribution in [2.75, 3.05) is 14.2 Å². The van der Waals surface area contributed by atoms with Crippen LogP contribution in [0.2, 0.25) is 5.02 Å². The molecule has 1 fully saturated rings. The first-order valence-corrected chi connectivity index (χ1v) is 9.84. The molecule has 1 aliphatic rings. The molecular formula is C19H15BrClNO4S. The molecule has 0 saturated carbocycles. The highest BCUT2D eigenvalue weighted by Gasteiger charge is 2.32. The van der Waals surface area contributed by atoms with Gasteiger partial charge in [-0.1, -0.05) is 45.7 Å². The summed E-state index contributed by atoms with van der Waals surface area (Å²) in [7, 11) is 3.00. The van der Waals surface area contributed by atoms with Gasteiger partial charge in [0.05, 0.1) is 12.0 Å². The van der Waals surface area contributed by atoms with Crippen LogP contribution in [0.5, 0.6) is 11.5 Å². The highest BCUT2D eigenvalue weighted by molar-refractivity contribution is 9.10. The Morgan fingerprint density at radius 1 is 1.22 bits per heavy atom. The minimum atomic E-state index is -0.324.